The molecular weight excluding hydrogens is 230 g/mol. The van der Waals surface area contributed by atoms with Crippen LogP contribution < -0.4 is 0 Å². The van der Waals surface area contributed by atoms with Crippen molar-refractivity contribution in [2.75, 3.05) is 32.8 Å². The molecule has 1 atom stereocenters. The minimum Gasteiger partial charge on any atom is -0.466 e. The second kappa shape index (κ2) is 9.34. The average Bonchev–Trinajstić information content (AvgIpc) is 2.39. The van der Waals surface area contributed by atoms with Crippen molar-refractivity contribution < 1.29 is 14.3 Å². The van der Waals surface area contributed by atoms with Gasteiger partial charge in [0.25, 0.3) is 0 Å². The molecule has 0 aromatic heterocycles. The monoisotopic (exact) mass is 257 g/mol. The number of carbonyl (C=O) groups excluding carboxylic acids is 1. The van der Waals surface area contributed by atoms with E-state index in [9.17, 15) is 4.79 Å². The van der Waals surface area contributed by atoms with Crippen LogP contribution in [0.2, 0.25) is 0 Å². The minimum absolute atomic E-state index is 0.0603. The highest BCUT2D eigenvalue weighted by molar-refractivity contribution is 5.69. The zero-order chi connectivity index (χ0) is 13.2. The molecule has 18 heavy (non-hydrogen) atoms. The Bertz CT molecular complexity index is 233. The van der Waals surface area contributed by atoms with Crippen LogP contribution in [0.25, 0.3) is 0 Å². The number of unbranched alkanes of at least 4 members (excludes halogenated alkanes) is 2. The van der Waals surface area contributed by atoms with Crippen molar-refractivity contribution in [3.8, 4) is 0 Å². The smallest absolute Gasteiger partial charge is 0.305 e. The molecule has 0 saturated carbocycles. The lowest BCUT2D eigenvalue weighted by molar-refractivity contribution is -0.143. The predicted octanol–water partition coefficient (Wildman–Crippen LogP) is 2.22. The molecule has 4 nitrogen and oxygen atoms in total. The maximum atomic E-state index is 11.1. The van der Waals surface area contributed by atoms with Crippen LogP contribution in [-0.4, -0.2) is 49.8 Å². The fraction of sp³-hybridized carbons (Fsp3) is 0.929. The molecule has 0 aliphatic carbocycles. The summed E-state index contributed by atoms with van der Waals surface area (Å²) in [5.74, 6) is -0.0603. The van der Waals surface area contributed by atoms with E-state index in [4.69, 9.17) is 9.47 Å². The second-order valence-electron chi connectivity index (χ2n) is 4.82. The van der Waals surface area contributed by atoms with Gasteiger partial charge in [-0.3, -0.25) is 9.69 Å². The Hall–Kier alpha value is -0.610. The highest BCUT2D eigenvalue weighted by Gasteiger charge is 2.17. The van der Waals surface area contributed by atoms with E-state index in [0.717, 1.165) is 51.9 Å². The molecule has 1 aliphatic heterocycles. The van der Waals surface area contributed by atoms with Gasteiger partial charge in [0.05, 0.1) is 19.3 Å². The zero-order valence-electron chi connectivity index (χ0n) is 11.8. The molecule has 0 bridgehead atoms. The molecule has 1 heterocycles. The molecule has 0 aromatic carbocycles. The standard InChI is InChI=1S/C14H27NO3/c1-3-13-12-15(10-11-18-13)9-7-5-6-8-14(16)17-4-2/h13H,3-12H2,1-2H3. The molecule has 1 rings (SSSR count). The van der Waals surface area contributed by atoms with Crippen molar-refractivity contribution >= 4 is 5.97 Å². The molecule has 1 unspecified atom stereocenters. The van der Waals surface area contributed by atoms with Gasteiger partial charge in [0, 0.05) is 19.5 Å². The Morgan fingerprint density at radius 3 is 2.89 bits per heavy atom. The van der Waals surface area contributed by atoms with E-state index in [1.807, 2.05) is 6.92 Å². The molecule has 1 aliphatic rings. The van der Waals surface area contributed by atoms with E-state index in [-0.39, 0.29) is 5.97 Å². The summed E-state index contributed by atoms with van der Waals surface area (Å²) in [5, 5.41) is 0. The summed E-state index contributed by atoms with van der Waals surface area (Å²) >= 11 is 0. The van der Waals surface area contributed by atoms with Crippen molar-refractivity contribution in [3.63, 3.8) is 0 Å². The fourth-order valence-corrected chi connectivity index (χ4v) is 2.25. The Labute approximate surface area is 111 Å². The lowest BCUT2D eigenvalue weighted by Gasteiger charge is -2.32. The molecular formula is C14H27NO3. The van der Waals surface area contributed by atoms with Crippen LogP contribution in [0.15, 0.2) is 0 Å². The second-order valence-corrected chi connectivity index (χ2v) is 4.82. The highest BCUT2D eigenvalue weighted by atomic mass is 16.5. The summed E-state index contributed by atoms with van der Waals surface area (Å²) in [4.78, 5) is 13.6. The first kappa shape index (κ1) is 15.4. The lowest BCUT2D eigenvalue weighted by Crippen LogP contribution is -2.42. The van der Waals surface area contributed by atoms with Gasteiger partial charge < -0.3 is 9.47 Å². The Morgan fingerprint density at radius 2 is 2.17 bits per heavy atom. The van der Waals surface area contributed by atoms with Crippen molar-refractivity contribution in [3.05, 3.63) is 0 Å². The molecule has 0 spiro atoms. The summed E-state index contributed by atoms with van der Waals surface area (Å²) in [6.07, 6.45) is 5.29. The summed E-state index contributed by atoms with van der Waals surface area (Å²) in [7, 11) is 0. The van der Waals surface area contributed by atoms with Gasteiger partial charge in [0.1, 0.15) is 0 Å². The van der Waals surface area contributed by atoms with Crippen molar-refractivity contribution in [1.82, 2.24) is 4.90 Å². The number of hydrogen-bond donors (Lipinski definition) is 0. The zero-order valence-corrected chi connectivity index (χ0v) is 11.8. The van der Waals surface area contributed by atoms with Crippen LogP contribution in [-0.2, 0) is 14.3 Å². The van der Waals surface area contributed by atoms with Gasteiger partial charge in [-0.15, -0.1) is 0 Å². The molecule has 106 valence electrons. The minimum atomic E-state index is -0.0603. The first-order valence-corrected chi connectivity index (χ1v) is 7.25. The Morgan fingerprint density at radius 1 is 1.33 bits per heavy atom. The summed E-state index contributed by atoms with van der Waals surface area (Å²) < 4.78 is 10.5. The van der Waals surface area contributed by atoms with Crippen molar-refractivity contribution in [2.45, 2.75) is 52.1 Å². The lowest BCUT2D eigenvalue weighted by atomic mass is 10.1. The van der Waals surface area contributed by atoms with Gasteiger partial charge in [-0.1, -0.05) is 13.3 Å². The molecule has 1 fully saturated rings. The maximum absolute atomic E-state index is 11.1. The number of ether oxygens (including phenoxy) is 2. The number of hydrogen-bond acceptors (Lipinski definition) is 4. The number of nitrogens with zero attached hydrogens (tertiary/aromatic N) is 1. The summed E-state index contributed by atoms with van der Waals surface area (Å²) in [5.41, 5.74) is 0. The van der Waals surface area contributed by atoms with Crippen LogP contribution in [0.5, 0.6) is 0 Å². The molecule has 0 aromatic rings. The maximum Gasteiger partial charge on any atom is 0.305 e. The van der Waals surface area contributed by atoms with Gasteiger partial charge >= 0.3 is 5.97 Å². The van der Waals surface area contributed by atoms with E-state index < -0.39 is 0 Å². The Kier molecular flexibility index (Phi) is 8.01. The topological polar surface area (TPSA) is 38.8 Å². The SMILES string of the molecule is CCOC(=O)CCCCCN1CCOC(CC)C1. The number of esters is 1. The van der Waals surface area contributed by atoms with Crippen LogP contribution in [0, 0.1) is 0 Å². The van der Waals surface area contributed by atoms with Crippen LogP contribution in [0.3, 0.4) is 0 Å². The predicted molar refractivity (Wildman–Crippen MR) is 71.6 cm³/mol. The van der Waals surface area contributed by atoms with Gasteiger partial charge in [-0.2, -0.15) is 0 Å². The van der Waals surface area contributed by atoms with Gasteiger partial charge in [0.2, 0.25) is 0 Å². The number of carbonyl (C=O) groups is 1. The van der Waals surface area contributed by atoms with Gasteiger partial charge in [-0.25, -0.2) is 0 Å². The third-order valence-electron chi connectivity index (χ3n) is 3.34. The first-order chi connectivity index (χ1) is 8.76. The molecule has 0 radical (unpaired) electrons. The third-order valence-corrected chi connectivity index (χ3v) is 3.34. The van der Waals surface area contributed by atoms with Gasteiger partial charge in [0.15, 0.2) is 0 Å². The molecule has 0 N–H and O–H groups in total. The van der Waals surface area contributed by atoms with Crippen LogP contribution in [0.1, 0.15) is 46.0 Å². The molecule has 4 heteroatoms. The average molecular weight is 257 g/mol. The van der Waals surface area contributed by atoms with Crippen molar-refractivity contribution in [1.29, 1.82) is 0 Å². The van der Waals surface area contributed by atoms with E-state index in [2.05, 4.69) is 11.8 Å². The van der Waals surface area contributed by atoms with E-state index in [1.165, 1.54) is 0 Å². The highest BCUT2D eigenvalue weighted by Crippen LogP contribution is 2.10. The third kappa shape index (κ3) is 6.36. The van der Waals surface area contributed by atoms with Crippen molar-refractivity contribution in [2.24, 2.45) is 0 Å². The quantitative estimate of drug-likeness (QED) is 0.494. The van der Waals surface area contributed by atoms with E-state index in [0.29, 0.717) is 19.1 Å². The number of rotatable bonds is 8. The fourth-order valence-electron chi connectivity index (χ4n) is 2.25. The molecule has 0 amide bonds. The van der Waals surface area contributed by atoms with Gasteiger partial charge in [-0.05, 0) is 32.7 Å². The van der Waals surface area contributed by atoms with Crippen LogP contribution in [0.4, 0.5) is 0 Å². The summed E-state index contributed by atoms with van der Waals surface area (Å²) in [6, 6.07) is 0. The van der Waals surface area contributed by atoms with Crippen LogP contribution >= 0.6 is 0 Å². The normalized spacial score (nSPS) is 20.9. The van der Waals surface area contributed by atoms with E-state index in [1.54, 1.807) is 0 Å². The molecule has 1 saturated heterocycles. The number of morpholine rings is 1. The first-order valence-electron chi connectivity index (χ1n) is 7.25. The Balaban J connectivity index is 1.98. The largest absolute Gasteiger partial charge is 0.466 e. The summed E-state index contributed by atoms with van der Waals surface area (Å²) in [6.45, 7) is 8.62. The van der Waals surface area contributed by atoms with E-state index >= 15 is 0 Å².